The number of pyridine rings is 1. The van der Waals surface area contributed by atoms with E-state index in [-0.39, 0.29) is 17.7 Å². The Morgan fingerprint density at radius 2 is 2.29 bits per heavy atom. The molecule has 0 aliphatic carbocycles. The minimum absolute atomic E-state index is 0.161. The summed E-state index contributed by atoms with van der Waals surface area (Å²) in [6.07, 6.45) is -2.67. The predicted molar refractivity (Wildman–Crippen MR) is 43.7 cm³/mol. The molecule has 0 aliphatic rings. The van der Waals surface area contributed by atoms with Crippen LogP contribution in [0, 0.1) is 11.3 Å². The topological polar surface area (TPSA) is 79.8 Å². The second-order valence-corrected chi connectivity index (χ2v) is 2.43. The summed E-state index contributed by atoms with van der Waals surface area (Å²) in [6, 6.07) is 2.48. The molecule has 0 aromatic carbocycles. The molecule has 0 amide bonds. The van der Waals surface area contributed by atoms with Gasteiger partial charge < -0.3 is 5.73 Å². The fourth-order valence-corrected chi connectivity index (χ4v) is 0.917. The summed E-state index contributed by atoms with van der Waals surface area (Å²) in [7, 11) is 0. The van der Waals surface area contributed by atoms with Crippen molar-refractivity contribution in [2.24, 2.45) is 0 Å². The van der Waals surface area contributed by atoms with Crippen molar-refractivity contribution < 1.29 is 13.6 Å². The molecule has 1 aromatic rings. The summed E-state index contributed by atoms with van der Waals surface area (Å²) >= 11 is 0. The molecule has 72 valence electrons. The minimum atomic E-state index is -2.85. The number of hydrogen-bond acceptors (Lipinski definition) is 4. The maximum Gasteiger partial charge on any atom is 0.266 e. The van der Waals surface area contributed by atoms with E-state index in [4.69, 9.17) is 11.0 Å². The number of aldehydes is 1. The summed E-state index contributed by atoms with van der Waals surface area (Å²) in [5, 5.41) is 8.49. The highest BCUT2D eigenvalue weighted by atomic mass is 19.3. The summed E-state index contributed by atoms with van der Waals surface area (Å²) in [4.78, 5) is 13.7. The molecule has 0 aliphatic heterocycles. The first-order valence-electron chi connectivity index (χ1n) is 3.54. The second kappa shape index (κ2) is 3.79. The van der Waals surface area contributed by atoms with Gasteiger partial charge in [-0.2, -0.15) is 5.26 Å². The van der Waals surface area contributed by atoms with Gasteiger partial charge in [-0.1, -0.05) is 0 Å². The third-order valence-electron chi connectivity index (χ3n) is 1.58. The van der Waals surface area contributed by atoms with Crippen LogP contribution in [0.2, 0.25) is 0 Å². The van der Waals surface area contributed by atoms with E-state index in [0.717, 1.165) is 6.07 Å². The molecule has 0 unspecified atom stereocenters. The number of hydrogen-bond donors (Lipinski definition) is 1. The molecule has 2 N–H and O–H groups in total. The van der Waals surface area contributed by atoms with Crippen LogP contribution >= 0.6 is 0 Å². The Labute approximate surface area is 78.0 Å². The van der Waals surface area contributed by atoms with Crippen LogP contribution in [0.1, 0.15) is 28.0 Å². The van der Waals surface area contributed by atoms with Gasteiger partial charge in [-0.3, -0.25) is 4.79 Å². The lowest BCUT2D eigenvalue weighted by atomic mass is 10.1. The highest BCUT2D eigenvalue weighted by Crippen LogP contribution is 2.23. The van der Waals surface area contributed by atoms with Crippen molar-refractivity contribution in [2.45, 2.75) is 6.43 Å². The zero-order chi connectivity index (χ0) is 10.7. The number of nitrogen functional groups attached to an aromatic ring is 1. The number of carbonyl (C=O) groups excluding carboxylic acids is 1. The molecule has 0 saturated carbocycles. The molecule has 1 aromatic heterocycles. The Hall–Kier alpha value is -2.03. The van der Waals surface area contributed by atoms with Gasteiger partial charge in [-0.05, 0) is 6.07 Å². The molecule has 14 heavy (non-hydrogen) atoms. The Bertz CT molecular complexity index is 412. The van der Waals surface area contributed by atoms with E-state index in [1.165, 1.54) is 0 Å². The molecule has 0 spiro atoms. The number of halogens is 2. The fraction of sp³-hybridized carbons (Fsp3) is 0.125. The van der Waals surface area contributed by atoms with Gasteiger partial charge in [0.05, 0.1) is 5.56 Å². The number of aromatic nitrogens is 1. The Balaban J connectivity index is 3.41. The van der Waals surface area contributed by atoms with Gasteiger partial charge in [0.2, 0.25) is 0 Å². The van der Waals surface area contributed by atoms with E-state index < -0.39 is 17.7 Å². The first-order chi connectivity index (χ1) is 6.60. The molecule has 1 heterocycles. The predicted octanol–water partition coefficient (Wildman–Crippen LogP) is 1.29. The van der Waals surface area contributed by atoms with Gasteiger partial charge in [-0.25, -0.2) is 13.8 Å². The molecule has 0 atom stereocenters. The molecule has 0 radical (unpaired) electrons. The zero-order valence-electron chi connectivity index (χ0n) is 6.87. The Morgan fingerprint density at radius 3 is 2.71 bits per heavy atom. The van der Waals surface area contributed by atoms with Crippen LogP contribution in [0.25, 0.3) is 0 Å². The molecular formula is C8H5F2N3O. The van der Waals surface area contributed by atoms with E-state index in [2.05, 4.69) is 4.98 Å². The van der Waals surface area contributed by atoms with Crippen LogP contribution in [0.4, 0.5) is 14.6 Å². The zero-order valence-corrected chi connectivity index (χ0v) is 6.87. The van der Waals surface area contributed by atoms with Crippen LogP contribution in [0.3, 0.4) is 0 Å². The summed E-state index contributed by atoms with van der Waals surface area (Å²) in [6.45, 7) is 0. The van der Waals surface area contributed by atoms with E-state index >= 15 is 0 Å². The lowest BCUT2D eigenvalue weighted by Crippen LogP contribution is -2.03. The number of nitrogens with zero attached hydrogens (tertiary/aromatic N) is 2. The van der Waals surface area contributed by atoms with Crippen molar-refractivity contribution in [3.8, 4) is 6.07 Å². The number of nitriles is 1. The first kappa shape index (κ1) is 10.1. The van der Waals surface area contributed by atoms with Gasteiger partial charge in [0.15, 0.2) is 6.29 Å². The molecular weight excluding hydrogens is 192 g/mol. The molecule has 1 rings (SSSR count). The maximum absolute atomic E-state index is 12.3. The number of rotatable bonds is 2. The third-order valence-corrected chi connectivity index (χ3v) is 1.58. The first-order valence-corrected chi connectivity index (χ1v) is 3.54. The number of alkyl halides is 2. The van der Waals surface area contributed by atoms with Gasteiger partial charge in [0, 0.05) is 5.56 Å². The quantitative estimate of drug-likeness (QED) is 0.724. The summed E-state index contributed by atoms with van der Waals surface area (Å²) in [5.41, 5.74) is 4.07. The molecule has 0 bridgehead atoms. The number of carbonyl (C=O) groups is 1. The molecule has 4 nitrogen and oxygen atoms in total. The number of anilines is 1. The lowest BCUT2D eigenvalue weighted by Gasteiger charge is -2.04. The highest BCUT2D eigenvalue weighted by molar-refractivity contribution is 5.76. The average Bonchev–Trinajstić information content (AvgIpc) is 2.16. The minimum Gasteiger partial charge on any atom is -0.383 e. The van der Waals surface area contributed by atoms with Crippen LogP contribution in [0.5, 0.6) is 0 Å². The van der Waals surface area contributed by atoms with Crippen LogP contribution in [0.15, 0.2) is 6.07 Å². The second-order valence-electron chi connectivity index (χ2n) is 2.43. The van der Waals surface area contributed by atoms with Crippen LogP contribution in [-0.2, 0) is 0 Å². The monoisotopic (exact) mass is 197 g/mol. The Morgan fingerprint density at radius 1 is 1.64 bits per heavy atom. The molecule has 0 saturated heterocycles. The normalized spacial score (nSPS) is 9.86. The largest absolute Gasteiger partial charge is 0.383 e. The fourth-order valence-electron chi connectivity index (χ4n) is 0.917. The van der Waals surface area contributed by atoms with Crippen molar-refractivity contribution in [1.82, 2.24) is 4.98 Å². The van der Waals surface area contributed by atoms with E-state index in [1.807, 2.05) is 0 Å². The van der Waals surface area contributed by atoms with Crippen molar-refractivity contribution in [3.63, 3.8) is 0 Å². The highest BCUT2D eigenvalue weighted by Gasteiger charge is 2.16. The third kappa shape index (κ3) is 1.66. The van der Waals surface area contributed by atoms with Crippen molar-refractivity contribution >= 4 is 12.1 Å². The smallest absolute Gasteiger partial charge is 0.266 e. The van der Waals surface area contributed by atoms with Crippen LogP contribution < -0.4 is 5.73 Å². The van der Waals surface area contributed by atoms with Gasteiger partial charge in [-0.15, -0.1) is 0 Å². The Kier molecular flexibility index (Phi) is 2.72. The van der Waals surface area contributed by atoms with Crippen LogP contribution in [-0.4, -0.2) is 11.3 Å². The van der Waals surface area contributed by atoms with E-state index in [0.29, 0.717) is 0 Å². The van der Waals surface area contributed by atoms with Gasteiger partial charge in [0.25, 0.3) is 6.43 Å². The summed E-state index contributed by atoms with van der Waals surface area (Å²) in [5.74, 6) is -0.223. The van der Waals surface area contributed by atoms with Gasteiger partial charge in [0.1, 0.15) is 17.6 Å². The summed E-state index contributed by atoms with van der Waals surface area (Å²) < 4.78 is 24.6. The average molecular weight is 197 g/mol. The molecule has 6 heteroatoms. The van der Waals surface area contributed by atoms with Crippen molar-refractivity contribution in [2.75, 3.05) is 5.73 Å². The van der Waals surface area contributed by atoms with Crippen molar-refractivity contribution in [1.29, 1.82) is 5.26 Å². The van der Waals surface area contributed by atoms with E-state index in [1.54, 1.807) is 6.07 Å². The lowest BCUT2D eigenvalue weighted by molar-refractivity contribution is 0.110. The SMILES string of the molecule is N#Cc1cc(C(F)F)c(C=O)nc1N. The van der Waals surface area contributed by atoms with Gasteiger partial charge >= 0.3 is 0 Å². The number of nitrogens with two attached hydrogens (primary N) is 1. The maximum atomic E-state index is 12.3. The van der Waals surface area contributed by atoms with E-state index in [9.17, 15) is 13.6 Å². The molecule has 0 fully saturated rings. The van der Waals surface area contributed by atoms with Crippen molar-refractivity contribution in [3.05, 3.63) is 22.9 Å². The standard InChI is InChI=1S/C8H5F2N3O/c9-7(10)5-1-4(2-11)8(12)13-6(5)3-14/h1,3,7H,(H2,12,13).